The summed E-state index contributed by atoms with van der Waals surface area (Å²) in [4.78, 5) is 15.1. The van der Waals surface area contributed by atoms with Crippen LogP contribution >= 0.6 is 0 Å². The van der Waals surface area contributed by atoms with Gasteiger partial charge in [-0.15, -0.1) is 0 Å². The van der Waals surface area contributed by atoms with Gasteiger partial charge in [0.05, 0.1) is 7.11 Å². The lowest BCUT2D eigenvalue weighted by molar-refractivity contribution is 0.0759. The van der Waals surface area contributed by atoms with E-state index in [-0.39, 0.29) is 10.8 Å². The normalized spacial score (nSPS) is 21.5. The molecule has 7 heteroatoms. The topological polar surface area (TPSA) is 66.9 Å². The van der Waals surface area contributed by atoms with E-state index in [0.717, 1.165) is 45.2 Å². The summed E-state index contributed by atoms with van der Waals surface area (Å²) in [7, 11) is -2.19. The molecule has 2 fully saturated rings. The average molecular weight is 409 g/mol. The molecule has 2 saturated heterocycles. The Hall–Kier alpha value is -1.60. The van der Waals surface area contributed by atoms with Crippen molar-refractivity contribution in [1.29, 1.82) is 0 Å². The van der Waals surface area contributed by atoms with E-state index in [9.17, 15) is 13.2 Å². The van der Waals surface area contributed by atoms with Gasteiger partial charge in [-0.25, -0.2) is 8.42 Å². The maximum absolute atomic E-state index is 13.1. The summed E-state index contributed by atoms with van der Waals surface area (Å²) in [6.07, 6.45) is 7.31. The van der Waals surface area contributed by atoms with Crippen molar-refractivity contribution in [1.82, 2.24) is 9.21 Å². The van der Waals surface area contributed by atoms with Gasteiger partial charge < -0.3 is 9.64 Å². The Kier molecular flexibility index (Phi) is 6.99. The molecule has 0 N–H and O–H groups in total. The first-order valence-corrected chi connectivity index (χ1v) is 11.9. The smallest absolute Gasteiger partial charge is 0.253 e. The molecule has 1 aromatic carbocycles. The summed E-state index contributed by atoms with van der Waals surface area (Å²) in [6.45, 7) is 4.72. The Morgan fingerprint density at radius 1 is 1.11 bits per heavy atom. The standard InChI is InChI=1S/C21H32N2O4S/c1-3-7-17-8-6-12-22(15-11-17)21(24)18-9-10-19(27-2)20(16-18)28(25,26)23-13-4-5-14-23/h9-10,16-17H,3-8,11-15H2,1-2H3. The number of ether oxygens (including phenoxy) is 1. The van der Waals surface area contributed by atoms with Gasteiger partial charge in [0.15, 0.2) is 0 Å². The minimum atomic E-state index is -3.65. The number of benzene rings is 1. The van der Waals surface area contributed by atoms with Crippen LogP contribution in [0.5, 0.6) is 5.75 Å². The monoisotopic (exact) mass is 408 g/mol. The molecule has 0 saturated carbocycles. The summed E-state index contributed by atoms with van der Waals surface area (Å²) in [5, 5.41) is 0. The maximum atomic E-state index is 13.1. The Bertz CT molecular complexity index is 788. The summed E-state index contributed by atoms with van der Waals surface area (Å²) in [5.74, 6) is 0.893. The van der Waals surface area contributed by atoms with Crippen molar-refractivity contribution in [2.75, 3.05) is 33.3 Å². The molecular formula is C21H32N2O4S. The van der Waals surface area contributed by atoms with E-state index in [1.54, 1.807) is 12.1 Å². The van der Waals surface area contributed by atoms with E-state index in [4.69, 9.17) is 4.74 Å². The molecule has 1 unspecified atom stereocenters. The highest BCUT2D eigenvalue weighted by Gasteiger charge is 2.31. The van der Waals surface area contributed by atoms with Crippen LogP contribution in [0.3, 0.4) is 0 Å². The number of nitrogens with zero attached hydrogens (tertiary/aromatic N) is 2. The second-order valence-corrected chi connectivity index (χ2v) is 9.76. The van der Waals surface area contributed by atoms with Crippen LogP contribution in [-0.2, 0) is 10.0 Å². The summed E-state index contributed by atoms with van der Waals surface area (Å²) in [5.41, 5.74) is 0.424. The van der Waals surface area contributed by atoms with Crippen LogP contribution in [0.2, 0.25) is 0 Å². The zero-order chi connectivity index (χ0) is 20.1. The molecule has 2 aliphatic heterocycles. The van der Waals surface area contributed by atoms with Crippen LogP contribution in [0.15, 0.2) is 23.1 Å². The van der Waals surface area contributed by atoms with Crippen molar-refractivity contribution in [3.8, 4) is 5.75 Å². The number of hydrogen-bond donors (Lipinski definition) is 0. The number of sulfonamides is 1. The van der Waals surface area contributed by atoms with Crippen LogP contribution in [-0.4, -0.2) is 56.8 Å². The van der Waals surface area contributed by atoms with Crippen LogP contribution in [0.4, 0.5) is 0 Å². The molecule has 2 heterocycles. The lowest BCUT2D eigenvalue weighted by Gasteiger charge is -2.22. The lowest BCUT2D eigenvalue weighted by Crippen LogP contribution is -2.32. The highest BCUT2D eigenvalue weighted by molar-refractivity contribution is 7.89. The number of hydrogen-bond acceptors (Lipinski definition) is 4. The van der Waals surface area contributed by atoms with Crippen molar-refractivity contribution < 1.29 is 17.9 Å². The first-order chi connectivity index (χ1) is 13.5. The third-order valence-corrected chi connectivity index (χ3v) is 7.85. The zero-order valence-electron chi connectivity index (χ0n) is 17.0. The molecule has 1 aromatic rings. The molecule has 0 spiro atoms. The van der Waals surface area contributed by atoms with Gasteiger partial charge >= 0.3 is 0 Å². The van der Waals surface area contributed by atoms with Gasteiger partial charge in [-0.05, 0) is 56.2 Å². The lowest BCUT2D eigenvalue weighted by atomic mass is 9.96. The van der Waals surface area contributed by atoms with E-state index in [0.29, 0.717) is 30.3 Å². The highest BCUT2D eigenvalue weighted by atomic mass is 32.2. The quantitative estimate of drug-likeness (QED) is 0.722. The summed E-state index contributed by atoms with van der Waals surface area (Å²) in [6, 6.07) is 4.79. The van der Waals surface area contributed by atoms with Crippen LogP contribution in [0, 0.1) is 5.92 Å². The van der Waals surface area contributed by atoms with Gasteiger partial charge in [0.1, 0.15) is 10.6 Å². The summed E-state index contributed by atoms with van der Waals surface area (Å²) >= 11 is 0. The fraction of sp³-hybridized carbons (Fsp3) is 0.667. The third-order valence-electron chi connectivity index (χ3n) is 5.93. The molecule has 0 aromatic heterocycles. The molecule has 0 bridgehead atoms. The van der Waals surface area contributed by atoms with Crippen molar-refractivity contribution in [3.05, 3.63) is 23.8 Å². The summed E-state index contributed by atoms with van der Waals surface area (Å²) < 4.78 is 32.9. The molecule has 1 atom stereocenters. The zero-order valence-corrected chi connectivity index (χ0v) is 17.8. The number of methoxy groups -OCH3 is 1. The Morgan fingerprint density at radius 3 is 2.54 bits per heavy atom. The van der Waals surface area contributed by atoms with Crippen molar-refractivity contribution in [3.63, 3.8) is 0 Å². The first kappa shape index (κ1) is 21.1. The van der Waals surface area contributed by atoms with Crippen molar-refractivity contribution >= 4 is 15.9 Å². The second-order valence-electron chi connectivity index (χ2n) is 7.85. The molecule has 2 aliphatic rings. The number of likely N-dealkylation sites (tertiary alicyclic amines) is 1. The van der Waals surface area contributed by atoms with Gasteiger partial charge in [0, 0.05) is 31.7 Å². The largest absolute Gasteiger partial charge is 0.495 e. The molecular weight excluding hydrogens is 376 g/mol. The third kappa shape index (κ3) is 4.51. The molecule has 0 aliphatic carbocycles. The van der Waals surface area contributed by atoms with Gasteiger partial charge in [-0.1, -0.05) is 19.8 Å². The van der Waals surface area contributed by atoms with E-state index in [2.05, 4.69) is 6.92 Å². The molecule has 6 nitrogen and oxygen atoms in total. The number of carbonyl (C=O) groups excluding carboxylic acids is 1. The van der Waals surface area contributed by atoms with E-state index in [1.165, 1.54) is 30.3 Å². The predicted octanol–water partition coefficient (Wildman–Crippen LogP) is 3.52. The maximum Gasteiger partial charge on any atom is 0.253 e. The Balaban J connectivity index is 1.83. The molecule has 28 heavy (non-hydrogen) atoms. The van der Waals surface area contributed by atoms with Crippen LogP contribution in [0.25, 0.3) is 0 Å². The van der Waals surface area contributed by atoms with Gasteiger partial charge in [-0.2, -0.15) is 4.31 Å². The number of amides is 1. The van der Waals surface area contributed by atoms with Gasteiger partial charge in [-0.3, -0.25) is 4.79 Å². The van der Waals surface area contributed by atoms with E-state index >= 15 is 0 Å². The van der Waals surface area contributed by atoms with Crippen LogP contribution < -0.4 is 4.74 Å². The Labute approximate surface area is 168 Å². The second kappa shape index (κ2) is 9.27. The molecule has 3 rings (SSSR count). The fourth-order valence-corrected chi connectivity index (χ4v) is 6.03. The average Bonchev–Trinajstić information content (AvgIpc) is 3.16. The number of rotatable bonds is 6. The molecule has 156 valence electrons. The SMILES string of the molecule is CCCC1CCCN(C(=O)c2ccc(OC)c(S(=O)(=O)N3CCCC3)c2)CC1. The fourth-order valence-electron chi connectivity index (χ4n) is 4.33. The van der Waals surface area contributed by atoms with Crippen molar-refractivity contribution in [2.24, 2.45) is 5.92 Å². The van der Waals surface area contributed by atoms with Crippen molar-refractivity contribution in [2.45, 2.75) is 56.8 Å². The van der Waals surface area contributed by atoms with Crippen LogP contribution in [0.1, 0.15) is 62.2 Å². The minimum absolute atomic E-state index is 0.0855. The molecule has 1 amide bonds. The first-order valence-electron chi connectivity index (χ1n) is 10.4. The van der Waals surface area contributed by atoms with Gasteiger partial charge in [0.2, 0.25) is 10.0 Å². The highest BCUT2D eigenvalue weighted by Crippen LogP contribution is 2.31. The minimum Gasteiger partial charge on any atom is -0.495 e. The van der Waals surface area contributed by atoms with E-state index < -0.39 is 10.0 Å². The Morgan fingerprint density at radius 2 is 1.86 bits per heavy atom. The predicted molar refractivity (Wildman–Crippen MR) is 109 cm³/mol. The molecule has 0 radical (unpaired) electrons. The van der Waals surface area contributed by atoms with E-state index in [1.807, 2.05) is 4.90 Å². The van der Waals surface area contributed by atoms with Gasteiger partial charge in [0.25, 0.3) is 5.91 Å². The number of carbonyl (C=O) groups is 1.